The number of rotatable bonds is 2. The molecule has 0 aromatic heterocycles. The van der Waals surface area contributed by atoms with E-state index in [-0.39, 0.29) is 0 Å². The second kappa shape index (κ2) is 4.34. The maximum atomic E-state index is 9.18. The Hall–Kier alpha value is -0.570. The van der Waals surface area contributed by atoms with Crippen molar-refractivity contribution in [2.45, 2.75) is 25.8 Å². The monoisotopic (exact) mass is 157 g/mol. The van der Waals surface area contributed by atoms with Crippen molar-refractivity contribution in [3.63, 3.8) is 0 Å². The maximum absolute atomic E-state index is 9.18. The van der Waals surface area contributed by atoms with Crippen LogP contribution in [0.5, 0.6) is 0 Å². The molecule has 2 aliphatic heterocycles. The van der Waals surface area contributed by atoms with Crippen LogP contribution in [0.4, 0.5) is 0 Å². The van der Waals surface area contributed by atoms with Crippen LogP contribution in [0.25, 0.3) is 0 Å². The van der Waals surface area contributed by atoms with Gasteiger partial charge in [-0.25, -0.2) is 0 Å². The van der Waals surface area contributed by atoms with Crippen molar-refractivity contribution in [1.29, 1.82) is 0 Å². The van der Waals surface area contributed by atoms with Gasteiger partial charge in [-0.3, -0.25) is 9.69 Å². The van der Waals surface area contributed by atoms with Gasteiger partial charge in [-0.2, -0.15) is 0 Å². The van der Waals surface area contributed by atoms with Gasteiger partial charge in [0.1, 0.15) is 0 Å². The minimum absolute atomic E-state index is 0.431. The number of ether oxygens (including phenoxy) is 1. The van der Waals surface area contributed by atoms with E-state index < -0.39 is 0 Å². The van der Waals surface area contributed by atoms with Crippen molar-refractivity contribution >= 4 is 6.47 Å². The molecule has 0 saturated carbocycles. The molecule has 0 spiro atoms. The molecule has 3 nitrogen and oxygen atoms in total. The van der Waals surface area contributed by atoms with Gasteiger partial charge in [0.2, 0.25) is 0 Å². The fraction of sp³-hybridized carbons (Fsp3) is 0.875. The Morgan fingerprint density at radius 2 is 2.55 bits per heavy atom. The Kier molecular flexibility index (Phi) is 3.36. The molecule has 0 aliphatic carbocycles. The lowest BCUT2D eigenvalue weighted by atomic mass is 10.3. The van der Waals surface area contributed by atoms with Gasteiger partial charge in [0.25, 0.3) is 6.47 Å². The van der Waals surface area contributed by atoms with Crippen LogP contribution >= 0.6 is 0 Å². The molecule has 0 bridgehead atoms. The third-order valence-electron chi connectivity index (χ3n) is 2.05. The molecule has 2 aliphatic rings. The van der Waals surface area contributed by atoms with Gasteiger partial charge >= 0.3 is 0 Å². The summed E-state index contributed by atoms with van der Waals surface area (Å²) in [6, 6.07) is 1.05. The zero-order valence-electron chi connectivity index (χ0n) is 6.95. The second-order valence-corrected chi connectivity index (χ2v) is 2.84. The maximum Gasteiger partial charge on any atom is 0.293 e. The predicted molar refractivity (Wildman–Crippen MR) is 42.3 cm³/mol. The van der Waals surface area contributed by atoms with E-state index in [1.807, 2.05) is 0 Å². The van der Waals surface area contributed by atoms with Crippen LogP contribution in [0.3, 0.4) is 0 Å². The molecule has 3 heteroatoms. The van der Waals surface area contributed by atoms with Crippen molar-refractivity contribution in [3.8, 4) is 0 Å². The van der Waals surface area contributed by atoms with E-state index >= 15 is 0 Å². The Morgan fingerprint density at radius 1 is 1.73 bits per heavy atom. The first-order valence-electron chi connectivity index (χ1n) is 4.17. The van der Waals surface area contributed by atoms with Crippen LogP contribution < -0.4 is 0 Å². The molecular formula is C8H15NO2. The molecular weight excluding hydrogens is 142 g/mol. The molecule has 2 heterocycles. The topological polar surface area (TPSA) is 29.3 Å². The van der Waals surface area contributed by atoms with E-state index in [2.05, 4.69) is 9.64 Å². The molecule has 2 saturated heterocycles. The van der Waals surface area contributed by atoms with Crippen molar-refractivity contribution < 1.29 is 9.53 Å². The lowest BCUT2D eigenvalue weighted by Gasteiger charge is -1.83. The standard InChI is InChI=1S/C5H9N.C3H6O2/c1-2-5-4-6(5)3-1;1-2-5-3-4/h5H,1-4H2;3H,2H2,1H3. The lowest BCUT2D eigenvalue weighted by molar-refractivity contribution is -0.128. The summed E-state index contributed by atoms with van der Waals surface area (Å²) in [5, 5.41) is 0. The highest BCUT2D eigenvalue weighted by Crippen LogP contribution is 2.28. The van der Waals surface area contributed by atoms with E-state index in [1.165, 1.54) is 25.9 Å². The second-order valence-electron chi connectivity index (χ2n) is 2.84. The van der Waals surface area contributed by atoms with Crippen molar-refractivity contribution in [2.75, 3.05) is 19.7 Å². The fourth-order valence-electron chi connectivity index (χ4n) is 1.37. The van der Waals surface area contributed by atoms with Crippen molar-refractivity contribution in [1.82, 2.24) is 4.90 Å². The van der Waals surface area contributed by atoms with E-state index in [0.717, 1.165) is 6.04 Å². The zero-order chi connectivity index (χ0) is 8.10. The third-order valence-corrected chi connectivity index (χ3v) is 2.05. The quantitative estimate of drug-likeness (QED) is 0.435. The van der Waals surface area contributed by atoms with Gasteiger partial charge in [-0.15, -0.1) is 0 Å². The SMILES string of the molecule is C1CC2CN2C1.CCOC=O. The number of hydrogen-bond acceptors (Lipinski definition) is 3. The summed E-state index contributed by atoms with van der Waals surface area (Å²) >= 11 is 0. The molecule has 0 N–H and O–H groups in total. The number of carbonyl (C=O) groups excluding carboxylic acids is 1. The number of nitrogens with zero attached hydrogens (tertiary/aromatic N) is 1. The molecule has 0 amide bonds. The summed E-state index contributed by atoms with van der Waals surface area (Å²) < 4.78 is 4.15. The molecule has 2 rings (SSSR count). The number of hydrogen-bond donors (Lipinski definition) is 0. The van der Waals surface area contributed by atoms with Gasteiger partial charge in [0, 0.05) is 12.6 Å². The normalized spacial score (nSPS) is 31.4. The van der Waals surface area contributed by atoms with E-state index in [9.17, 15) is 4.79 Å². The molecule has 2 atom stereocenters. The van der Waals surface area contributed by atoms with Crippen molar-refractivity contribution in [2.24, 2.45) is 0 Å². The predicted octanol–water partition coefficient (Wildman–Crippen LogP) is 0.644. The van der Waals surface area contributed by atoms with Crippen molar-refractivity contribution in [3.05, 3.63) is 0 Å². The van der Waals surface area contributed by atoms with Gasteiger partial charge < -0.3 is 4.74 Å². The molecule has 0 aromatic carbocycles. The minimum atomic E-state index is 0.431. The van der Waals surface area contributed by atoms with Crippen LogP contribution in [0.15, 0.2) is 0 Å². The summed E-state index contributed by atoms with van der Waals surface area (Å²) in [5.74, 6) is 0. The molecule has 0 radical (unpaired) electrons. The molecule has 0 aromatic rings. The minimum Gasteiger partial charge on any atom is -0.468 e. The molecule has 2 fully saturated rings. The lowest BCUT2D eigenvalue weighted by Crippen LogP contribution is -1.90. The van der Waals surface area contributed by atoms with Crippen LogP contribution in [0.2, 0.25) is 0 Å². The first-order valence-corrected chi connectivity index (χ1v) is 4.17. The summed E-state index contributed by atoms with van der Waals surface area (Å²) in [5.41, 5.74) is 0. The van der Waals surface area contributed by atoms with Crippen LogP contribution in [-0.4, -0.2) is 37.1 Å². The van der Waals surface area contributed by atoms with Crippen LogP contribution in [0, 0.1) is 0 Å². The Labute approximate surface area is 67.3 Å². The van der Waals surface area contributed by atoms with E-state index in [4.69, 9.17) is 0 Å². The highest BCUT2D eigenvalue weighted by molar-refractivity contribution is 5.36. The summed E-state index contributed by atoms with van der Waals surface area (Å²) in [4.78, 5) is 11.7. The van der Waals surface area contributed by atoms with Crippen LogP contribution in [0.1, 0.15) is 19.8 Å². The summed E-state index contributed by atoms with van der Waals surface area (Å²) in [6.45, 7) is 5.47. The first kappa shape index (κ1) is 8.53. The Bertz CT molecular complexity index is 119. The Balaban J connectivity index is 0.000000114. The average Bonchev–Trinajstić information content (AvgIpc) is 2.62. The molecule has 2 unspecified atom stereocenters. The van der Waals surface area contributed by atoms with E-state index in [0.29, 0.717) is 13.1 Å². The summed E-state index contributed by atoms with van der Waals surface area (Å²) in [6.07, 6.45) is 2.95. The van der Waals surface area contributed by atoms with Gasteiger partial charge in [0.15, 0.2) is 0 Å². The Morgan fingerprint density at radius 3 is 2.64 bits per heavy atom. The largest absolute Gasteiger partial charge is 0.468 e. The number of piperidine rings is 1. The molecule has 64 valence electrons. The average molecular weight is 157 g/mol. The smallest absolute Gasteiger partial charge is 0.293 e. The van der Waals surface area contributed by atoms with Crippen LogP contribution in [-0.2, 0) is 9.53 Å². The fourth-order valence-corrected chi connectivity index (χ4v) is 1.37. The van der Waals surface area contributed by atoms with E-state index in [1.54, 1.807) is 6.92 Å². The van der Waals surface area contributed by atoms with Gasteiger partial charge in [-0.1, -0.05) is 0 Å². The highest BCUT2D eigenvalue weighted by atomic mass is 16.5. The first-order chi connectivity index (χ1) is 5.38. The summed E-state index contributed by atoms with van der Waals surface area (Å²) in [7, 11) is 0. The van der Waals surface area contributed by atoms with Gasteiger partial charge in [0.05, 0.1) is 6.61 Å². The zero-order valence-corrected chi connectivity index (χ0v) is 6.95. The number of fused-ring (bicyclic) bond motifs is 1. The number of carbonyl (C=O) groups is 1. The third kappa shape index (κ3) is 2.89. The molecule has 11 heavy (non-hydrogen) atoms. The van der Waals surface area contributed by atoms with Gasteiger partial charge in [-0.05, 0) is 26.3 Å². The highest BCUT2D eigenvalue weighted by Gasteiger charge is 2.37.